The molecule has 1 atom stereocenters. The van der Waals surface area contributed by atoms with E-state index in [-0.39, 0.29) is 23.1 Å². The third-order valence-electron chi connectivity index (χ3n) is 4.60. The molecule has 3 rings (SSSR count). The first-order valence-corrected chi connectivity index (χ1v) is 11.1. The van der Waals surface area contributed by atoms with E-state index in [1.54, 1.807) is 48.5 Å². The van der Waals surface area contributed by atoms with Crippen LogP contribution in [0.1, 0.15) is 19.3 Å². The van der Waals surface area contributed by atoms with Gasteiger partial charge in [-0.3, -0.25) is 15.6 Å². The van der Waals surface area contributed by atoms with Gasteiger partial charge in [-0.25, -0.2) is 8.42 Å². The summed E-state index contributed by atoms with van der Waals surface area (Å²) in [4.78, 5) is 12.6. The second kappa shape index (κ2) is 9.13. The number of benzene rings is 2. The molecule has 1 heterocycles. The van der Waals surface area contributed by atoms with E-state index in [0.717, 1.165) is 12.8 Å². The number of piperidine rings is 1. The van der Waals surface area contributed by atoms with Crippen molar-refractivity contribution in [3.63, 3.8) is 0 Å². The third-order valence-corrected chi connectivity index (χ3v) is 7.03. The average molecular weight is 442 g/mol. The SMILES string of the molecule is O=C(CC1CCCN(S(=O)(=O)c2ccccc2)C1)NNc1ccc(Cl)cc1Cl. The minimum absolute atomic E-state index is 0.0465. The van der Waals surface area contributed by atoms with Crippen molar-refractivity contribution in [1.82, 2.24) is 9.73 Å². The number of hydrogen-bond donors (Lipinski definition) is 2. The molecular formula is C19H21Cl2N3O3S. The van der Waals surface area contributed by atoms with Gasteiger partial charge in [0.1, 0.15) is 0 Å². The van der Waals surface area contributed by atoms with Gasteiger partial charge in [0, 0.05) is 24.5 Å². The van der Waals surface area contributed by atoms with Crippen LogP contribution < -0.4 is 10.9 Å². The first-order chi connectivity index (χ1) is 13.4. The molecule has 0 aliphatic carbocycles. The summed E-state index contributed by atoms with van der Waals surface area (Å²) in [7, 11) is -3.54. The van der Waals surface area contributed by atoms with Crippen LogP contribution in [-0.4, -0.2) is 31.7 Å². The van der Waals surface area contributed by atoms with E-state index >= 15 is 0 Å². The third kappa shape index (κ3) is 5.17. The van der Waals surface area contributed by atoms with E-state index in [1.807, 2.05) is 0 Å². The van der Waals surface area contributed by atoms with Crippen LogP contribution >= 0.6 is 23.2 Å². The van der Waals surface area contributed by atoms with Gasteiger partial charge < -0.3 is 0 Å². The zero-order valence-electron chi connectivity index (χ0n) is 15.1. The Morgan fingerprint density at radius 2 is 1.89 bits per heavy atom. The predicted molar refractivity (Wildman–Crippen MR) is 111 cm³/mol. The fraction of sp³-hybridized carbons (Fsp3) is 0.316. The molecule has 1 aliphatic heterocycles. The number of carbonyl (C=O) groups is 1. The Hall–Kier alpha value is -1.80. The lowest BCUT2D eigenvalue weighted by Crippen LogP contribution is -2.41. The second-order valence-corrected chi connectivity index (χ2v) is 9.47. The number of hydrazine groups is 1. The molecule has 28 heavy (non-hydrogen) atoms. The van der Waals surface area contributed by atoms with Crippen molar-refractivity contribution < 1.29 is 13.2 Å². The quantitative estimate of drug-likeness (QED) is 0.665. The molecule has 1 unspecified atom stereocenters. The Labute approximate surface area is 174 Å². The van der Waals surface area contributed by atoms with E-state index in [2.05, 4.69) is 10.9 Å². The van der Waals surface area contributed by atoms with Crippen molar-refractivity contribution in [3.8, 4) is 0 Å². The lowest BCUT2D eigenvalue weighted by molar-refractivity contribution is -0.121. The van der Waals surface area contributed by atoms with Crippen LogP contribution in [0.2, 0.25) is 10.0 Å². The molecule has 1 fully saturated rings. The number of nitrogens with one attached hydrogen (secondary N) is 2. The molecule has 0 radical (unpaired) electrons. The highest BCUT2D eigenvalue weighted by Gasteiger charge is 2.31. The summed E-state index contributed by atoms with van der Waals surface area (Å²) in [5.74, 6) is -0.273. The molecule has 1 saturated heterocycles. The molecule has 0 aromatic heterocycles. The summed E-state index contributed by atoms with van der Waals surface area (Å²) in [5, 5.41) is 0.898. The summed E-state index contributed by atoms with van der Waals surface area (Å²) >= 11 is 11.9. The summed E-state index contributed by atoms with van der Waals surface area (Å²) in [5.41, 5.74) is 5.92. The number of nitrogens with zero attached hydrogens (tertiary/aromatic N) is 1. The van der Waals surface area contributed by atoms with Crippen molar-refractivity contribution in [2.75, 3.05) is 18.5 Å². The minimum Gasteiger partial charge on any atom is -0.297 e. The summed E-state index contributed by atoms with van der Waals surface area (Å²) in [6, 6.07) is 13.3. The van der Waals surface area contributed by atoms with Crippen LogP contribution in [0.15, 0.2) is 53.4 Å². The molecular weight excluding hydrogens is 421 g/mol. The van der Waals surface area contributed by atoms with Crippen LogP contribution in [0.4, 0.5) is 5.69 Å². The van der Waals surface area contributed by atoms with Gasteiger partial charge in [-0.1, -0.05) is 41.4 Å². The number of carbonyl (C=O) groups excluding carboxylic acids is 1. The molecule has 2 aromatic carbocycles. The molecule has 2 aromatic rings. The van der Waals surface area contributed by atoms with Gasteiger partial charge in [0.2, 0.25) is 15.9 Å². The lowest BCUT2D eigenvalue weighted by Gasteiger charge is -2.31. The molecule has 6 nitrogen and oxygen atoms in total. The fourth-order valence-corrected chi connectivity index (χ4v) is 5.23. The normalized spacial score (nSPS) is 17.9. The van der Waals surface area contributed by atoms with Gasteiger partial charge in [-0.2, -0.15) is 4.31 Å². The van der Waals surface area contributed by atoms with Crippen LogP contribution in [0.5, 0.6) is 0 Å². The van der Waals surface area contributed by atoms with E-state index in [1.165, 1.54) is 4.31 Å². The number of sulfonamides is 1. The molecule has 150 valence electrons. The van der Waals surface area contributed by atoms with Crippen molar-refractivity contribution in [2.24, 2.45) is 5.92 Å². The Morgan fingerprint density at radius 3 is 2.61 bits per heavy atom. The zero-order chi connectivity index (χ0) is 20.1. The fourth-order valence-electron chi connectivity index (χ4n) is 3.19. The first kappa shape index (κ1) is 20.9. The minimum atomic E-state index is -3.54. The van der Waals surface area contributed by atoms with Gasteiger partial charge in [-0.15, -0.1) is 0 Å². The molecule has 9 heteroatoms. The lowest BCUT2D eigenvalue weighted by atomic mass is 9.96. The number of halogens is 2. The van der Waals surface area contributed by atoms with Crippen molar-refractivity contribution >= 4 is 44.8 Å². The molecule has 2 N–H and O–H groups in total. The molecule has 0 spiro atoms. The number of amides is 1. The van der Waals surface area contributed by atoms with Crippen molar-refractivity contribution in [3.05, 3.63) is 58.6 Å². The van der Waals surface area contributed by atoms with E-state index in [4.69, 9.17) is 23.2 Å². The molecule has 0 saturated carbocycles. The maximum atomic E-state index is 12.8. The summed E-state index contributed by atoms with van der Waals surface area (Å²) in [6.07, 6.45) is 1.75. The summed E-state index contributed by atoms with van der Waals surface area (Å²) in [6.45, 7) is 0.792. The highest BCUT2D eigenvalue weighted by Crippen LogP contribution is 2.26. The van der Waals surface area contributed by atoms with Gasteiger partial charge in [0.05, 0.1) is 15.6 Å². The van der Waals surface area contributed by atoms with Crippen LogP contribution in [0, 0.1) is 5.92 Å². The first-order valence-electron chi connectivity index (χ1n) is 8.91. The maximum Gasteiger partial charge on any atom is 0.243 e. The summed E-state index contributed by atoms with van der Waals surface area (Å²) < 4.78 is 27.0. The van der Waals surface area contributed by atoms with Gasteiger partial charge in [-0.05, 0) is 49.1 Å². The monoisotopic (exact) mass is 441 g/mol. The Kier molecular flexibility index (Phi) is 6.82. The molecule has 1 amide bonds. The smallest absolute Gasteiger partial charge is 0.243 e. The van der Waals surface area contributed by atoms with Gasteiger partial charge >= 0.3 is 0 Å². The Balaban J connectivity index is 1.56. The topological polar surface area (TPSA) is 78.5 Å². The molecule has 1 aliphatic rings. The van der Waals surface area contributed by atoms with E-state index in [9.17, 15) is 13.2 Å². The van der Waals surface area contributed by atoms with Gasteiger partial charge in [0.15, 0.2) is 0 Å². The number of hydrogen-bond acceptors (Lipinski definition) is 4. The van der Waals surface area contributed by atoms with Crippen LogP contribution in [-0.2, 0) is 14.8 Å². The van der Waals surface area contributed by atoms with E-state index < -0.39 is 10.0 Å². The predicted octanol–water partition coefficient (Wildman–Crippen LogP) is 3.93. The highest BCUT2D eigenvalue weighted by molar-refractivity contribution is 7.89. The Bertz CT molecular complexity index is 939. The van der Waals surface area contributed by atoms with Crippen molar-refractivity contribution in [2.45, 2.75) is 24.2 Å². The van der Waals surface area contributed by atoms with E-state index in [0.29, 0.717) is 28.8 Å². The van der Waals surface area contributed by atoms with Gasteiger partial charge in [0.25, 0.3) is 0 Å². The maximum absolute atomic E-state index is 12.8. The van der Waals surface area contributed by atoms with Crippen molar-refractivity contribution in [1.29, 1.82) is 0 Å². The highest BCUT2D eigenvalue weighted by atomic mass is 35.5. The standard InChI is InChI=1S/C19H21Cl2N3O3S/c20-15-8-9-18(17(21)12-15)22-23-19(25)11-14-5-4-10-24(13-14)28(26,27)16-6-2-1-3-7-16/h1-3,6-9,12,14,22H,4-5,10-11,13H2,(H,23,25). The molecule has 0 bridgehead atoms. The zero-order valence-corrected chi connectivity index (χ0v) is 17.4. The number of anilines is 1. The van der Waals surface area contributed by atoms with Crippen LogP contribution in [0.3, 0.4) is 0 Å². The largest absolute Gasteiger partial charge is 0.297 e. The van der Waals surface area contributed by atoms with Crippen LogP contribution in [0.25, 0.3) is 0 Å². The Morgan fingerprint density at radius 1 is 1.14 bits per heavy atom. The second-order valence-electron chi connectivity index (χ2n) is 6.69. The number of rotatable bonds is 6. The average Bonchev–Trinajstić information content (AvgIpc) is 2.68.